The van der Waals surface area contributed by atoms with Crippen molar-refractivity contribution in [3.05, 3.63) is 0 Å². The number of nitrogens with zero attached hydrogens (tertiary/aromatic N) is 1. The third-order valence-corrected chi connectivity index (χ3v) is 5.74. The Labute approximate surface area is 197 Å². The maximum absolute atomic E-state index is 11.3. The second-order valence-electron chi connectivity index (χ2n) is 9.98. The van der Waals surface area contributed by atoms with Crippen molar-refractivity contribution in [2.45, 2.75) is 116 Å². The molecule has 3 rings (SSSR count). The van der Waals surface area contributed by atoms with E-state index in [-0.39, 0.29) is 12.0 Å². The second kappa shape index (κ2) is 10.9. The second-order valence-corrected chi connectivity index (χ2v) is 9.98. The van der Waals surface area contributed by atoms with E-state index in [9.17, 15) is 5.21 Å². The Bertz CT molecular complexity index is 696. The molecule has 0 saturated carbocycles. The van der Waals surface area contributed by atoms with E-state index in [1.807, 2.05) is 41.5 Å². The Hall–Kier alpha value is -0.800. The highest BCUT2D eigenvalue weighted by atomic mass is 16.8. The van der Waals surface area contributed by atoms with Crippen LogP contribution in [0.3, 0.4) is 0 Å². The lowest BCUT2D eigenvalue weighted by atomic mass is 10.0. The van der Waals surface area contributed by atoms with Crippen LogP contribution in [0.5, 0.6) is 0 Å². The van der Waals surface area contributed by atoms with Crippen LogP contribution in [0.1, 0.15) is 61.8 Å². The molecule has 1 N–H and O–H groups in total. The number of hydroxylamine groups is 2. The van der Waals surface area contributed by atoms with Crippen molar-refractivity contribution in [3.8, 4) is 11.8 Å². The Morgan fingerprint density at radius 2 is 1.58 bits per heavy atom. The van der Waals surface area contributed by atoms with E-state index in [1.54, 1.807) is 0 Å². The van der Waals surface area contributed by atoms with Gasteiger partial charge < -0.3 is 38.4 Å². The zero-order chi connectivity index (χ0) is 24.4. The first-order valence-corrected chi connectivity index (χ1v) is 12.0. The molecule has 33 heavy (non-hydrogen) atoms. The highest BCUT2D eigenvalue weighted by Crippen LogP contribution is 2.43. The molecule has 6 atom stereocenters. The summed E-state index contributed by atoms with van der Waals surface area (Å²) < 4.78 is 41.5. The van der Waals surface area contributed by atoms with Crippen molar-refractivity contribution < 1.29 is 38.4 Å². The van der Waals surface area contributed by atoms with Gasteiger partial charge in [-0.05, 0) is 59.8 Å². The largest absolute Gasteiger partial charge is 0.349 e. The van der Waals surface area contributed by atoms with Crippen LogP contribution in [0.15, 0.2) is 0 Å². The molecule has 0 aliphatic carbocycles. The van der Waals surface area contributed by atoms with Gasteiger partial charge in [-0.3, -0.25) is 0 Å². The van der Waals surface area contributed by atoms with E-state index in [4.69, 9.17) is 33.2 Å². The molecule has 0 unspecified atom stereocenters. The molecule has 3 aliphatic rings. The molecular formula is C24H41NO8. The minimum atomic E-state index is -0.806. The summed E-state index contributed by atoms with van der Waals surface area (Å²) in [7, 11) is 0. The van der Waals surface area contributed by atoms with Crippen LogP contribution >= 0.6 is 0 Å². The molecule has 3 fully saturated rings. The number of hydrogen-bond donors (Lipinski definition) is 1. The van der Waals surface area contributed by atoms with E-state index in [2.05, 4.69) is 25.7 Å². The summed E-state index contributed by atoms with van der Waals surface area (Å²) >= 11 is 0. The van der Waals surface area contributed by atoms with Gasteiger partial charge in [-0.2, -0.15) is 0 Å². The molecule has 0 spiro atoms. The highest BCUT2D eigenvalue weighted by molar-refractivity contribution is 5.11. The van der Waals surface area contributed by atoms with Crippen molar-refractivity contribution >= 4 is 0 Å². The van der Waals surface area contributed by atoms with E-state index in [1.165, 1.54) is 0 Å². The summed E-state index contributed by atoms with van der Waals surface area (Å²) in [5.41, 5.74) is 0. The van der Waals surface area contributed by atoms with Crippen LogP contribution in [0.25, 0.3) is 0 Å². The lowest BCUT2D eigenvalue weighted by molar-refractivity contribution is -0.279. The maximum Gasteiger partial charge on any atom is 0.222 e. The Kier molecular flexibility index (Phi) is 8.82. The highest BCUT2D eigenvalue weighted by Gasteiger charge is 2.60. The Morgan fingerprint density at radius 3 is 2.12 bits per heavy atom. The van der Waals surface area contributed by atoms with Crippen LogP contribution in [-0.4, -0.2) is 84.6 Å². The fourth-order valence-corrected chi connectivity index (χ4v) is 4.45. The molecular weight excluding hydrogens is 430 g/mol. The van der Waals surface area contributed by atoms with Gasteiger partial charge in [0.25, 0.3) is 0 Å². The molecule has 0 radical (unpaired) electrons. The summed E-state index contributed by atoms with van der Waals surface area (Å²) in [5.74, 6) is 4.94. The van der Waals surface area contributed by atoms with E-state index < -0.39 is 48.4 Å². The predicted octanol–water partition coefficient (Wildman–Crippen LogP) is 2.89. The number of rotatable bonds is 9. The van der Waals surface area contributed by atoms with Gasteiger partial charge in [0.15, 0.2) is 17.8 Å². The first-order chi connectivity index (χ1) is 15.5. The van der Waals surface area contributed by atoms with Crippen LogP contribution in [0.4, 0.5) is 0 Å². The lowest BCUT2D eigenvalue weighted by Gasteiger charge is -2.32. The standard InChI is InChI=1S/C24H41NO8/c1-9-27-18(28-10-2)12-11-16(13-15(3)4)25(26)22-21-20(32-24(7,8)33-21)19(30-22)17-14-29-23(5,6)31-17/h15-22,26H,9-10,13-14H2,1-8H3/t16-,17+,19+,20-,21-,22+/m0/s1. The quantitative estimate of drug-likeness (QED) is 0.310. The molecule has 3 heterocycles. The maximum atomic E-state index is 11.3. The van der Waals surface area contributed by atoms with E-state index >= 15 is 0 Å². The van der Waals surface area contributed by atoms with Crippen molar-refractivity contribution in [2.24, 2.45) is 5.92 Å². The van der Waals surface area contributed by atoms with Gasteiger partial charge in [0, 0.05) is 13.2 Å². The molecule has 0 bridgehead atoms. The zero-order valence-corrected chi connectivity index (χ0v) is 21.2. The van der Waals surface area contributed by atoms with Crippen molar-refractivity contribution in [1.82, 2.24) is 5.06 Å². The summed E-state index contributed by atoms with van der Waals surface area (Å²) in [6.45, 7) is 16.7. The van der Waals surface area contributed by atoms with Gasteiger partial charge in [-0.15, -0.1) is 5.06 Å². The molecule has 3 saturated heterocycles. The molecule has 9 nitrogen and oxygen atoms in total. The first-order valence-electron chi connectivity index (χ1n) is 12.0. The Morgan fingerprint density at radius 1 is 0.939 bits per heavy atom. The topological polar surface area (TPSA) is 88.1 Å². The fraction of sp³-hybridized carbons (Fsp3) is 0.917. The Balaban J connectivity index is 1.82. The smallest absolute Gasteiger partial charge is 0.222 e. The molecule has 9 heteroatoms. The van der Waals surface area contributed by atoms with Crippen molar-refractivity contribution in [3.63, 3.8) is 0 Å². The molecule has 0 amide bonds. The van der Waals surface area contributed by atoms with Crippen molar-refractivity contribution in [2.75, 3.05) is 19.8 Å². The molecule has 0 aromatic carbocycles. The van der Waals surface area contributed by atoms with Crippen LogP contribution in [-0.2, 0) is 33.2 Å². The average molecular weight is 472 g/mol. The monoisotopic (exact) mass is 471 g/mol. The zero-order valence-electron chi connectivity index (χ0n) is 21.2. The van der Waals surface area contributed by atoms with Crippen LogP contribution in [0.2, 0.25) is 0 Å². The van der Waals surface area contributed by atoms with Gasteiger partial charge in [-0.25, -0.2) is 0 Å². The summed E-state index contributed by atoms with van der Waals surface area (Å²) in [6, 6.07) is -0.512. The SMILES string of the molecule is CCOC(C#C[C@@H](CC(C)C)N(O)[C@@H]1O[C@H]([C@H]2COC(C)(C)O2)[C@@H]2OC(C)(C)O[C@@H]21)OCC. The fourth-order valence-electron chi connectivity index (χ4n) is 4.45. The lowest BCUT2D eigenvalue weighted by Crippen LogP contribution is -2.47. The molecule has 0 aromatic rings. The summed E-state index contributed by atoms with van der Waals surface area (Å²) in [5, 5.41) is 12.5. The average Bonchev–Trinajstić information content (AvgIpc) is 3.33. The van der Waals surface area contributed by atoms with Gasteiger partial charge in [0.1, 0.15) is 24.4 Å². The van der Waals surface area contributed by atoms with Crippen LogP contribution in [0, 0.1) is 17.8 Å². The number of fused-ring (bicyclic) bond motifs is 1. The number of ether oxygens (including phenoxy) is 7. The minimum Gasteiger partial charge on any atom is -0.349 e. The van der Waals surface area contributed by atoms with Crippen molar-refractivity contribution in [1.29, 1.82) is 0 Å². The van der Waals surface area contributed by atoms with E-state index in [0.29, 0.717) is 26.2 Å². The molecule has 190 valence electrons. The summed E-state index contributed by atoms with van der Waals surface area (Å²) in [4.78, 5) is 0. The normalized spacial score (nSPS) is 33.5. The molecule has 0 aromatic heterocycles. The summed E-state index contributed by atoms with van der Waals surface area (Å²) in [6.07, 6.45) is -2.50. The van der Waals surface area contributed by atoms with E-state index in [0.717, 1.165) is 5.06 Å². The third kappa shape index (κ3) is 6.66. The van der Waals surface area contributed by atoms with Gasteiger partial charge in [0.05, 0.1) is 12.6 Å². The molecule has 3 aliphatic heterocycles. The van der Waals surface area contributed by atoms with Gasteiger partial charge in [0.2, 0.25) is 6.29 Å². The number of hydrogen-bond acceptors (Lipinski definition) is 9. The van der Waals surface area contributed by atoms with Gasteiger partial charge >= 0.3 is 0 Å². The first kappa shape index (κ1) is 26.8. The minimum absolute atomic E-state index is 0.286. The predicted molar refractivity (Wildman–Crippen MR) is 119 cm³/mol. The van der Waals surface area contributed by atoms with Crippen LogP contribution < -0.4 is 0 Å². The third-order valence-electron chi connectivity index (χ3n) is 5.74. The van der Waals surface area contributed by atoms with Gasteiger partial charge in [-0.1, -0.05) is 19.8 Å².